The van der Waals surface area contributed by atoms with Crippen LogP contribution in [0.15, 0.2) is 63.0 Å². The molecule has 0 radical (unpaired) electrons. The molecule has 0 bridgehead atoms. The number of amides is 1. The Morgan fingerprint density at radius 3 is 2.31 bits per heavy atom. The Labute approximate surface area is 179 Å². The Morgan fingerprint density at radius 1 is 1.07 bits per heavy atom. The van der Waals surface area contributed by atoms with Crippen molar-refractivity contribution in [3.8, 4) is 0 Å². The molecule has 1 fully saturated rings. The highest BCUT2D eigenvalue weighted by molar-refractivity contribution is 9.10. The average molecular weight is 479 g/mol. The van der Waals surface area contributed by atoms with Crippen LogP contribution in [-0.2, 0) is 14.8 Å². The van der Waals surface area contributed by atoms with Gasteiger partial charge in [0, 0.05) is 30.7 Å². The summed E-state index contributed by atoms with van der Waals surface area (Å²) in [5, 5.41) is 3.98. The third kappa shape index (κ3) is 5.96. The molecule has 0 aliphatic carbocycles. The molecular weight excluding hydrogens is 456 g/mol. The molecule has 1 aliphatic rings. The van der Waals surface area contributed by atoms with Crippen LogP contribution < -0.4 is 5.43 Å². The lowest BCUT2D eigenvalue weighted by molar-refractivity contribution is -0.122. The molecule has 0 aromatic heterocycles. The van der Waals surface area contributed by atoms with Gasteiger partial charge in [0.15, 0.2) is 0 Å². The lowest BCUT2D eigenvalue weighted by atomic mass is 10.2. The summed E-state index contributed by atoms with van der Waals surface area (Å²) in [7, 11) is -3.52. The molecule has 1 N–H and O–H groups in total. The zero-order valence-corrected chi connectivity index (χ0v) is 18.5. The predicted molar refractivity (Wildman–Crippen MR) is 116 cm³/mol. The number of rotatable bonds is 6. The summed E-state index contributed by atoms with van der Waals surface area (Å²) in [6, 6.07) is 14.4. The Balaban J connectivity index is 1.47. The van der Waals surface area contributed by atoms with Crippen LogP contribution >= 0.6 is 15.9 Å². The van der Waals surface area contributed by atoms with Crippen molar-refractivity contribution < 1.29 is 13.2 Å². The third-order valence-electron chi connectivity index (χ3n) is 4.63. The van der Waals surface area contributed by atoms with E-state index in [1.54, 1.807) is 30.5 Å². The molecule has 154 valence electrons. The van der Waals surface area contributed by atoms with Gasteiger partial charge in [-0.05, 0) is 36.8 Å². The van der Waals surface area contributed by atoms with E-state index in [0.29, 0.717) is 26.2 Å². The largest absolute Gasteiger partial charge is 0.292 e. The van der Waals surface area contributed by atoms with E-state index in [9.17, 15) is 13.2 Å². The fourth-order valence-corrected chi connectivity index (χ4v) is 4.64. The minimum Gasteiger partial charge on any atom is -0.292 e. The monoisotopic (exact) mass is 478 g/mol. The number of carbonyl (C=O) groups excluding carboxylic acids is 1. The van der Waals surface area contributed by atoms with Crippen LogP contribution in [0.5, 0.6) is 0 Å². The molecule has 0 unspecified atom stereocenters. The fourth-order valence-electron chi connectivity index (χ4n) is 2.95. The first kappa shape index (κ1) is 21.6. The van der Waals surface area contributed by atoms with Crippen LogP contribution in [0.2, 0.25) is 0 Å². The first-order valence-electron chi connectivity index (χ1n) is 9.21. The maximum Gasteiger partial charge on any atom is 0.254 e. The molecule has 0 saturated carbocycles. The summed E-state index contributed by atoms with van der Waals surface area (Å²) in [6.07, 6.45) is 1.60. The van der Waals surface area contributed by atoms with Crippen molar-refractivity contribution in [2.24, 2.45) is 5.10 Å². The average Bonchev–Trinajstić information content (AvgIpc) is 2.70. The van der Waals surface area contributed by atoms with E-state index in [4.69, 9.17) is 0 Å². The molecule has 0 atom stereocenters. The minimum atomic E-state index is -3.52. The Kier molecular flexibility index (Phi) is 7.18. The summed E-state index contributed by atoms with van der Waals surface area (Å²) >= 11 is 3.31. The highest BCUT2D eigenvalue weighted by Gasteiger charge is 2.28. The van der Waals surface area contributed by atoms with Crippen LogP contribution in [0.1, 0.15) is 11.1 Å². The molecule has 1 aliphatic heterocycles. The van der Waals surface area contributed by atoms with E-state index in [2.05, 4.69) is 26.5 Å². The normalized spacial score (nSPS) is 16.2. The molecule has 1 saturated heterocycles. The van der Waals surface area contributed by atoms with Gasteiger partial charge in [0.05, 0.1) is 17.7 Å². The van der Waals surface area contributed by atoms with Gasteiger partial charge in [0.2, 0.25) is 10.0 Å². The molecule has 1 heterocycles. The number of sulfonamides is 1. The number of piperazine rings is 1. The van der Waals surface area contributed by atoms with Crippen LogP contribution in [0.25, 0.3) is 0 Å². The Morgan fingerprint density at radius 2 is 1.69 bits per heavy atom. The molecule has 29 heavy (non-hydrogen) atoms. The van der Waals surface area contributed by atoms with E-state index >= 15 is 0 Å². The van der Waals surface area contributed by atoms with Crippen molar-refractivity contribution in [3.63, 3.8) is 0 Å². The second-order valence-electron chi connectivity index (χ2n) is 6.84. The topological polar surface area (TPSA) is 82.1 Å². The molecule has 7 nitrogen and oxygen atoms in total. The number of aryl methyl sites for hydroxylation is 1. The van der Waals surface area contributed by atoms with Gasteiger partial charge in [-0.2, -0.15) is 9.41 Å². The smallest absolute Gasteiger partial charge is 0.254 e. The van der Waals surface area contributed by atoms with Crippen molar-refractivity contribution >= 4 is 38.1 Å². The lowest BCUT2D eigenvalue weighted by Gasteiger charge is -2.33. The quantitative estimate of drug-likeness (QED) is 0.509. The molecular formula is C20H23BrN4O3S. The standard InChI is InChI=1S/C20H23BrN4O3S/c1-16-2-4-17(5-3-16)14-22-23-20(26)15-24-10-12-25(13-11-24)29(27,28)19-8-6-18(21)7-9-19/h2-9,14H,10-13,15H2,1H3,(H,23,26)/b22-14-. The molecule has 9 heteroatoms. The highest BCUT2D eigenvalue weighted by atomic mass is 79.9. The maximum atomic E-state index is 12.7. The number of nitrogens with zero attached hydrogens (tertiary/aromatic N) is 3. The summed E-state index contributed by atoms with van der Waals surface area (Å²) in [5.41, 5.74) is 4.58. The number of nitrogens with one attached hydrogen (secondary N) is 1. The van der Waals surface area contributed by atoms with Crippen LogP contribution in [-0.4, -0.2) is 62.5 Å². The van der Waals surface area contributed by atoms with E-state index in [-0.39, 0.29) is 17.3 Å². The zero-order valence-electron chi connectivity index (χ0n) is 16.1. The van der Waals surface area contributed by atoms with Gasteiger partial charge in [-0.25, -0.2) is 13.8 Å². The maximum absolute atomic E-state index is 12.7. The fraction of sp³-hybridized carbons (Fsp3) is 0.300. The number of benzene rings is 2. The second kappa shape index (κ2) is 9.62. The van der Waals surface area contributed by atoms with E-state index < -0.39 is 10.0 Å². The van der Waals surface area contributed by atoms with Crippen molar-refractivity contribution in [2.45, 2.75) is 11.8 Å². The summed E-state index contributed by atoms with van der Waals surface area (Å²) in [5.74, 6) is -0.224. The highest BCUT2D eigenvalue weighted by Crippen LogP contribution is 2.20. The third-order valence-corrected chi connectivity index (χ3v) is 7.07. The van der Waals surface area contributed by atoms with E-state index in [1.165, 1.54) is 4.31 Å². The zero-order chi connectivity index (χ0) is 20.9. The Bertz CT molecular complexity index is 968. The van der Waals surface area contributed by atoms with Gasteiger partial charge < -0.3 is 0 Å². The second-order valence-corrected chi connectivity index (χ2v) is 9.69. The van der Waals surface area contributed by atoms with Gasteiger partial charge in [0.25, 0.3) is 5.91 Å². The van der Waals surface area contributed by atoms with Crippen LogP contribution in [0.3, 0.4) is 0 Å². The molecule has 2 aromatic rings. The predicted octanol–water partition coefficient (Wildman–Crippen LogP) is 2.21. The minimum absolute atomic E-state index is 0.178. The van der Waals surface area contributed by atoms with Crippen molar-refractivity contribution in [1.82, 2.24) is 14.6 Å². The molecule has 2 aromatic carbocycles. The summed E-state index contributed by atoms with van der Waals surface area (Å²) in [4.78, 5) is 14.3. The first-order valence-corrected chi connectivity index (χ1v) is 11.4. The van der Waals surface area contributed by atoms with Gasteiger partial charge >= 0.3 is 0 Å². The first-order chi connectivity index (χ1) is 13.8. The molecule has 0 spiro atoms. The van der Waals surface area contributed by atoms with Gasteiger partial charge in [0.1, 0.15) is 0 Å². The number of halogens is 1. The van der Waals surface area contributed by atoms with Crippen molar-refractivity contribution in [2.75, 3.05) is 32.7 Å². The summed E-state index contributed by atoms with van der Waals surface area (Å²) in [6.45, 7) is 3.86. The number of hydrogen-bond donors (Lipinski definition) is 1. The van der Waals surface area contributed by atoms with Gasteiger partial charge in [-0.15, -0.1) is 0 Å². The van der Waals surface area contributed by atoms with E-state index in [1.807, 2.05) is 36.1 Å². The number of hydrazone groups is 1. The van der Waals surface area contributed by atoms with Gasteiger partial charge in [-0.1, -0.05) is 45.8 Å². The van der Waals surface area contributed by atoms with E-state index in [0.717, 1.165) is 15.6 Å². The van der Waals surface area contributed by atoms with Crippen LogP contribution in [0.4, 0.5) is 0 Å². The Hall–Kier alpha value is -2.07. The molecule has 1 amide bonds. The summed E-state index contributed by atoms with van der Waals surface area (Å²) < 4.78 is 27.7. The van der Waals surface area contributed by atoms with Crippen LogP contribution in [0, 0.1) is 6.92 Å². The van der Waals surface area contributed by atoms with Crippen molar-refractivity contribution in [1.29, 1.82) is 0 Å². The van der Waals surface area contributed by atoms with Gasteiger partial charge in [-0.3, -0.25) is 9.69 Å². The molecule has 3 rings (SSSR count). The van der Waals surface area contributed by atoms with Crippen molar-refractivity contribution in [3.05, 3.63) is 64.1 Å². The number of hydrogen-bond acceptors (Lipinski definition) is 5. The SMILES string of the molecule is Cc1ccc(/C=N\NC(=O)CN2CCN(S(=O)(=O)c3ccc(Br)cc3)CC2)cc1. The lowest BCUT2D eigenvalue weighted by Crippen LogP contribution is -2.50. The number of carbonyl (C=O) groups is 1.